The molecule has 5 nitrogen and oxygen atoms in total. The molecule has 10 heteroatoms. The van der Waals surface area contributed by atoms with E-state index in [2.05, 4.69) is 6.58 Å². The molecule has 2 N–H and O–H groups in total. The highest BCUT2D eigenvalue weighted by Gasteiger charge is 2.35. The summed E-state index contributed by atoms with van der Waals surface area (Å²) >= 11 is 6.56. The minimum absolute atomic E-state index is 0.0475. The predicted octanol–water partition coefficient (Wildman–Crippen LogP) is 6.86. The summed E-state index contributed by atoms with van der Waals surface area (Å²) in [5.74, 6) is -0.847. The summed E-state index contributed by atoms with van der Waals surface area (Å²) in [4.78, 5) is 14.2. The van der Waals surface area contributed by atoms with Gasteiger partial charge in [0.25, 0.3) is 5.91 Å². The highest BCUT2D eigenvalue weighted by Crippen LogP contribution is 2.37. The molecule has 0 aromatic heterocycles. The van der Waals surface area contributed by atoms with Gasteiger partial charge < -0.3 is 4.74 Å². The van der Waals surface area contributed by atoms with E-state index in [1.807, 2.05) is 6.92 Å². The highest BCUT2D eigenvalue weighted by molar-refractivity contribution is 8.26. The summed E-state index contributed by atoms with van der Waals surface area (Å²) in [5.41, 5.74) is -0.802. The van der Waals surface area contributed by atoms with Gasteiger partial charge in [0, 0.05) is 22.7 Å². The van der Waals surface area contributed by atoms with Crippen LogP contribution in [0.15, 0.2) is 55.1 Å². The number of hydrogen-bond donors (Lipinski definition) is 2. The number of nitrogens with one attached hydrogen (secondary N) is 2. The molecule has 0 bridgehead atoms. The first-order valence-corrected chi connectivity index (χ1v) is 11.2. The minimum atomic E-state index is -4.69. The molecule has 0 aliphatic heterocycles. The van der Waals surface area contributed by atoms with Crippen molar-refractivity contribution in [2.24, 2.45) is 0 Å². The van der Waals surface area contributed by atoms with E-state index in [4.69, 9.17) is 27.2 Å². The van der Waals surface area contributed by atoms with Gasteiger partial charge in [-0.1, -0.05) is 43.7 Å². The zero-order valence-corrected chi connectivity index (χ0v) is 19.4. The van der Waals surface area contributed by atoms with Crippen molar-refractivity contribution >= 4 is 39.5 Å². The van der Waals surface area contributed by atoms with Gasteiger partial charge in [0.1, 0.15) is 17.4 Å². The fourth-order valence-corrected chi connectivity index (χ4v) is 3.68. The van der Waals surface area contributed by atoms with Gasteiger partial charge in [-0.05, 0) is 54.6 Å². The van der Waals surface area contributed by atoms with Crippen molar-refractivity contribution in [1.29, 1.82) is 10.8 Å². The predicted molar refractivity (Wildman–Crippen MR) is 127 cm³/mol. The standard InChI is InChI=1S/C23H23ClF3N3O2S/c1-3-5-11-30(21(31)16-7-6-8-17(24)13-16)22(29)33-20(28)15-9-10-19(32-12-4-2)18(14-15)23(25,26)27/h4,6-10,13-14,28-29H,2-3,5,11-12H2,1H3. The average molecular weight is 498 g/mol. The first kappa shape index (κ1) is 26.5. The van der Waals surface area contributed by atoms with Crippen LogP contribution in [0.3, 0.4) is 0 Å². The van der Waals surface area contributed by atoms with E-state index in [0.717, 1.165) is 18.6 Å². The first-order chi connectivity index (χ1) is 15.6. The topological polar surface area (TPSA) is 77.2 Å². The SMILES string of the molecule is C=CCOc1ccc(C(=N)SC(=N)N(CCCC)C(=O)c2cccc(Cl)c2)cc1C(F)(F)F. The molecule has 0 spiro atoms. The molecule has 0 atom stereocenters. The molecule has 33 heavy (non-hydrogen) atoms. The molecular formula is C23H23ClF3N3O2S. The second-order valence-electron chi connectivity index (χ2n) is 6.87. The molecule has 0 aliphatic rings. The second kappa shape index (κ2) is 11.9. The summed E-state index contributed by atoms with van der Waals surface area (Å²) in [6, 6.07) is 9.51. The normalized spacial score (nSPS) is 11.1. The number of halogens is 4. The summed E-state index contributed by atoms with van der Waals surface area (Å²) < 4.78 is 45.5. The molecule has 2 aromatic rings. The first-order valence-electron chi connectivity index (χ1n) is 9.96. The molecule has 0 radical (unpaired) electrons. The number of carbonyl (C=O) groups is 1. The maximum Gasteiger partial charge on any atom is 0.419 e. The number of carbonyl (C=O) groups excluding carboxylic acids is 1. The van der Waals surface area contributed by atoms with Crippen LogP contribution in [0.25, 0.3) is 0 Å². The Kier molecular flexibility index (Phi) is 9.55. The van der Waals surface area contributed by atoms with Crippen LogP contribution < -0.4 is 4.74 Å². The van der Waals surface area contributed by atoms with Crippen LogP contribution >= 0.6 is 23.4 Å². The van der Waals surface area contributed by atoms with Gasteiger partial charge in [-0.3, -0.25) is 20.5 Å². The molecule has 2 aromatic carbocycles. The third-order valence-electron chi connectivity index (χ3n) is 4.40. The van der Waals surface area contributed by atoms with Crippen LogP contribution in [-0.2, 0) is 6.18 Å². The zero-order chi connectivity index (χ0) is 24.6. The van der Waals surface area contributed by atoms with Crippen molar-refractivity contribution in [2.45, 2.75) is 25.9 Å². The molecule has 0 saturated heterocycles. The summed E-state index contributed by atoms with van der Waals surface area (Å²) in [6.45, 7) is 5.47. The number of rotatable bonds is 8. The summed E-state index contributed by atoms with van der Waals surface area (Å²) in [6.07, 6.45) is -2.00. The molecule has 0 unspecified atom stereocenters. The van der Waals surface area contributed by atoms with E-state index in [-0.39, 0.29) is 40.2 Å². The van der Waals surface area contributed by atoms with E-state index in [9.17, 15) is 18.0 Å². The van der Waals surface area contributed by atoms with Gasteiger partial charge in [0.05, 0.1) is 5.56 Å². The largest absolute Gasteiger partial charge is 0.489 e. The van der Waals surface area contributed by atoms with E-state index in [1.54, 1.807) is 18.2 Å². The van der Waals surface area contributed by atoms with Gasteiger partial charge in [-0.25, -0.2) is 0 Å². The number of ether oxygens (including phenoxy) is 1. The number of nitrogens with zero attached hydrogens (tertiary/aromatic N) is 1. The van der Waals surface area contributed by atoms with Crippen LogP contribution in [0.5, 0.6) is 5.75 Å². The quantitative estimate of drug-likeness (QED) is 0.237. The summed E-state index contributed by atoms with van der Waals surface area (Å²) in [5, 5.41) is 16.4. The van der Waals surface area contributed by atoms with Gasteiger partial charge in [-0.15, -0.1) is 0 Å². The van der Waals surface area contributed by atoms with Gasteiger partial charge >= 0.3 is 6.18 Å². The molecular weight excluding hydrogens is 475 g/mol. The van der Waals surface area contributed by atoms with E-state index >= 15 is 0 Å². The lowest BCUT2D eigenvalue weighted by atomic mass is 10.1. The van der Waals surface area contributed by atoms with Crippen molar-refractivity contribution < 1.29 is 22.7 Å². The number of hydrogen-bond acceptors (Lipinski definition) is 5. The smallest absolute Gasteiger partial charge is 0.419 e. The fraction of sp³-hybridized carbons (Fsp3) is 0.261. The van der Waals surface area contributed by atoms with Crippen LogP contribution in [0.2, 0.25) is 5.02 Å². The monoisotopic (exact) mass is 497 g/mol. The highest BCUT2D eigenvalue weighted by atomic mass is 35.5. The number of alkyl halides is 3. The van der Waals surface area contributed by atoms with E-state index in [1.165, 1.54) is 23.1 Å². The fourth-order valence-electron chi connectivity index (χ4n) is 2.77. The Morgan fingerprint density at radius 1 is 1.21 bits per heavy atom. The van der Waals surface area contributed by atoms with E-state index in [0.29, 0.717) is 23.2 Å². The Morgan fingerprint density at radius 3 is 2.55 bits per heavy atom. The molecule has 0 heterocycles. The molecule has 0 saturated carbocycles. The Balaban J connectivity index is 2.27. The van der Waals surface area contributed by atoms with Crippen LogP contribution in [0.4, 0.5) is 13.2 Å². The maximum absolute atomic E-state index is 13.5. The van der Waals surface area contributed by atoms with Crippen molar-refractivity contribution in [3.8, 4) is 5.75 Å². The Bertz CT molecular complexity index is 1040. The average Bonchev–Trinajstić information content (AvgIpc) is 2.77. The van der Waals surface area contributed by atoms with Crippen molar-refractivity contribution in [3.63, 3.8) is 0 Å². The summed E-state index contributed by atoms with van der Waals surface area (Å²) in [7, 11) is 0. The lowest BCUT2D eigenvalue weighted by Gasteiger charge is -2.23. The van der Waals surface area contributed by atoms with Crippen molar-refractivity contribution in [3.05, 3.63) is 76.8 Å². The number of unbranched alkanes of at least 4 members (excludes halogenated alkanes) is 1. The minimum Gasteiger partial charge on any atom is -0.489 e. The van der Waals surface area contributed by atoms with Gasteiger partial charge in [-0.2, -0.15) is 13.2 Å². The molecule has 0 fully saturated rings. The van der Waals surface area contributed by atoms with Crippen molar-refractivity contribution in [1.82, 2.24) is 4.90 Å². The van der Waals surface area contributed by atoms with E-state index < -0.39 is 17.6 Å². The lowest BCUT2D eigenvalue weighted by Crippen LogP contribution is -2.36. The number of benzene rings is 2. The maximum atomic E-state index is 13.5. The Labute approximate surface area is 199 Å². The van der Waals surface area contributed by atoms with Crippen LogP contribution in [0.1, 0.15) is 41.3 Å². The molecule has 176 valence electrons. The zero-order valence-electron chi connectivity index (χ0n) is 17.8. The Hall–Kier alpha value is -2.78. The third-order valence-corrected chi connectivity index (χ3v) is 5.49. The molecule has 1 amide bonds. The lowest BCUT2D eigenvalue weighted by molar-refractivity contribution is -0.138. The number of amides is 1. The van der Waals surface area contributed by atoms with Gasteiger partial charge in [0.15, 0.2) is 5.17 Å². The molecule has 2 rings (SSSR count). The third kappa shape index (κ3) is 7.36. The van der Waals surface area contributed by atoms with Crippen LogP contribution in [0, 0.1) is 10.8 Å². The number of thioether (sulfide) groups is 1. The van der Waals surface area contributed by atoms with Gasteiger partial charge in [0.2, 0.25) is 0 Å². The number of amidine groups is 1. The second-order valence-corrected chi connectivity index (χ2v) is 8.30. The Morgan fingerprint density at radius 2 is 1.94 bits per heavy atom. The van der Waals surface area contributed by atoms with Crippen molar-refractivity contribution in [2.75, 3.05) is 13.2 Å². The van der Waals surface area contributed by atoms with Crippen LogP contribution in [-0.4, -0.2) is 34.2 Å². The molecule has 0 aliphatic carbocycles.